The third kappa shape index (κ3) is 3.49. The number of carbonyl (C=O) groups excluding carboxylic acids is 1. The second kappa shape index (κ2) is 5.77. The molecule has 1 heterocycles. The Morgan fingerprint density at radius 1 is 1.42 bits per heavy atom. The van der Waals surface area contributed by atoms with Gasteiger partial charge in [0.1, 0.15) is 0 Å². The van der Waals surface area contributed by atoms with Crippen LogP contribution >= 0.6 is 0 Å². The molecular weight excluding hydrogens is 250 g/mol. The van der Waals surface area contributed by atoms with Crippen molar-refractivity contribution in [2.24, 2.45) is 11.3 Å². The van der Waals surface area contributed by atoms with Gasteiger partial charge in [-0.15, -0.1) is 10.2 Å². The van der Waals surface area contributed by atoms with E-state index in [0.717, 1.165) is 0 Å². The predicted molar refractivity (Wildman–Crippen MR) is 65.9 cm³/mol. The van der Waals surface area contributed by atoms with Crippen LogP contribution < -0.4 is 5.32 Å². The number of carboxylic acids is 1. The van der Waals surface area contributed by atoms with E-state index in [1.807, 2.05) is 0 Å². The summed E-state index contributed by atoms with van der Waals surface area (Å²) in [5.74, 6) is -1.13. The molecule has 8 heteroatoms. The number of aromatic nitrogens is 4. The number of hydrogen-bond acceptors (Lipinski definition) is 5. The van der Waals surface area contributed by atoms with E-state index in [9.17, 15) is 14.7 Å². The first-order valence-electron chi connectivity index (χ1n) is 6.03. The van der Waals surface area contributed by atoms with Gasteiger partial charge in [0.2, 0.25) is 5.91 Å². The molecule has 0 fully saturated rings. The topological polar surface area (TPSA) is 121 Å². The molecule has 19 heavy (non-hydrogen) atoms. The van der Waals surface area contributed by atoms with Crippen LogP contribution in [0.15, 0.2) is 0 Å². The minimum atomic E-state index is -1.10. The first-order valence-corrected chi connectivity index (χ1v) is 6.03. The molecule has 1 aromatic heterocycles. The smallest absolute Gasteiger partial charge is 0.310 e. The largest absolute Gasteiger partial charge is 0.481 e. The maximum Gasteiger partial charge on any atom is 0.310 e. The molecule has 1 amide bonds. The van der Waals surface area contributed by atoms with E-state index in [4.69, 9.17) is 0 Å². The molecule has 2 unspecified atom stereocenters. The molecule has 1 rings (SSSR count). The Balaban J connectivity index is 2.66. The van der Waals surface area contributed by atoms with Crippen LogP contribution in [0.4, 0.5) is 0 Å². The highest BCUT2D eigenvalue weighted by Gasteiger charge is 2.39. The highest BCUT2D eigenvalue weighted by Crippen LogP contribution is 2.31. The SMILES string of the molecule is CC(NC(=O)CC(C)(C(=O)O)C(C)C)c1nn[nH]n1. The van der Waals surface area contributed by atoms with Gasteiger partial charge in [-0.1, -0.05) is 19.1 Å². The summed E-state index contributed by atoms with van der Waals surface area (Å²) in [4.78, 5) is 23.2. The van der Waals surface area contributed by atoms with E-state index in [2.05, 4.69) is 25.9 Å². The van der Waals surface area contributed by atoms with Gasteiger partial charge in [-0.25, -0.2) is 0 Å². The summed E-state index contributed by atoms with van der Waals surface area (Å²) in [6, 6.07) is -0.420. The number of nitrogens with zero attached hydrogens (tertiary/aromatic N) is 3. The lowest BCUT2D eigenvalue weighted by Gasteiger charge is -2.28. The van der Waals surface area contributed by atoms with Crippen molar-refractivity contribution in [2.75, 3.05) is 0 Å². The van der Waals surface area contributed by atoms with Gasteiger partial charge in [-0.3, -0.25) is 9.59 Å². The Morgan fingerprint density at radius 2 is 2.05 bits per heavy atom. The molecule has 0 saturated heterocycles. The Hall–Kier alpha value is -1.99. The molecular formula is C11H19N5O3. The van der Waals surface area contributed by atoms with Crippen molar-refractivity contribution in [1.29, 1.82) is 0 Å². The molecule has 0 aliphatic rings. The summed E-state index contributed by atoms with van der Waals surface area (Å²) in [6.45, 7) is 6.84. The van der Waals surface area contributed by atoms with Gasteiger partial charge in [0, 0.05) is 6.42 Å². The van der Waals surface area contributed by atoms with Crippen molar-refractivity contribution in [3.63, 3.8) is 0 Å². The first kappa shape index (κ1) is 15.1. The van der Waals surface area contributed by atoms with Crippen LogP contribution in [0.5, 0.6) is 0 Å². The third-order valence-electron chi connectivity index (χ3n) is 3.42. The number of carboxylic acid groups (broad SMARTS) is 1. The monoisotopic (exact) mass is 269 g/mol. The van der Waals surface area contributed by atoms with Crippen molar-refractivity contribution in [3.05, 3.63) is 5.82 Å². The molecule has 0 radical (unpaired) electrons. The highest BCUT2D eigenvalue weighted by molar-refractivity contribution is 5.85. The van der Waals surface area contributed by atoms with Crippen molar-refractivity contribution in [2.45, 2.75) is 40.2 Å². The van der Waals surface area contributed by atoms with E-state index in [1.165, 1.54) is 0 Å². The van der Waals surface area contributed by atoms with Crippen molar-refractivity contribution in [1.82, 2.24) is 25.9 Å². The maximum absolute atomic E-state index is 11.9. The second-order valence-corrected chi connectivity index (χ2v) is 5.11. The standard InChI is InChI=1S/C11H19N5O3/c1-6(2)11(4,10(18)19)5-8(17)12-7(3)9-13-15-16-14-9/h6-7H,5H2,1-4H3,(H,12,17)(H,18,19)(H,13,14,15,16). The maximum atomic E-state index is 11.9. The normalized spacial score (nSPS) is 15.8. The van der Waals surface area contributed by atoms with Crippen LogP contribution in [0.25, 0.3) is 0 Å². The van der Waals surface area contributed by atoms with Gasteiger partial charge >= 0.3 is 5.97 Å². The molecule has 0 bridgehead atoms. The number of nitrogens with one attached hydrogen (secondary N) is 2. The van der Waals surface area contributed by atoms with E-state index in [0.29, 0.717) is 5.82 Å². The molecule has 0 spiro atoms. The molecule has 3 N–H and O–H groups in total. The molecule has 0 aliphatic carbocycles. The zero-order valence-corrected chi connectivity index (χ0v) is 11.5. The Bertz CT molecular complexity index is 445. The van der Waals surface area contributed by atoms with Gasteiger partial charge < -0.3 is 10.4 Å². The Morgan fingerprint density at radius 3 is 2.47 bits per heavy atom. The average molecular weight is 269 g/mol. The molecule has 1 aromatic rings. The summed E-state index contributed by atoms with van der Waals surface area (Å²) in [7, 11) is 0. The Labute approximate surface area is 111 Å². The van der Waals surface area contributed by atoms with Crippen molar-refractivity contribution in [3.8, 4) is 0 Å². The predicted octanol–water partition coefficient (Wildman–Crippen LogP) is 0.514. The fourth-order valence-electron chi connectivity index (χ4n) is 1.57. The number of amides is 1. The number of tetrazole rings is 1. The summed E-state index contributed by atoms with van der Waals surface area (Å²) in [5, 5.41) is 25.1. The van der Waals surface area contributed by atoms with Crippen LogP contribution in [-0.2, 0) is 9.59 Å². The second-order valence-electron chi connectivity index (χ2n) is 5.11. The zero-order valence-electron chi connectivity index (χ0n) is 11.5. The summed E-state index contributed by atoms with van der Waals surface area (Å²) < 4.78 is 0. The van der Waals surface area contributed by atoms with Gasteiger partial charge in [-0.2, -0.15) is 5.21 Å². The number of aromatic amines is 1. The van der Waals surface area contributed by atoms with E-state index in [-0.39, 0.29) is 18.2 Å². The fourth-order valence-corrected chi connectivity index (χ4v) is 1.57. The lowest BCUT2D eigenvalue weighted by molar-refractivity contribution is -0.153. The zero-order chi connectivity index (χ0) is 14.6. The number of carbonyl (C=O) groups is 2. The molecule has 0 aliphatic heterocycles. The first-order chi connectivity index (χ1) is 8.77. The lowest BCUT2D eigenvalue weighted by Crippen LogP contribution is -2.39. The van der Waals surface area contributed by atoms with Crippen molar-refractivity contribution < 1.29 is 14.7 Å². The summed E-state index contributed by atoms with van der Waals surface area (Å²) in [5.41, 5.74) is -1.10. The Kier molecular flexibility index (Phi) is 4.57. The molecule has 0 aromatic carbocycles. The fraction of sp³-hybridized carbons (Fsp3) is 0.727. The minimum absolute atomic E-state index is 0.0950. The average Bonchev–Trinajstić information content (AvgIpc) is 2.81. The van der Waals surface area contributed by atoms with E-state index in [1.54, 1.807) is 27.7 Å². The van der Waals surface area contributed by atoms with Gasteiger partial charge in [0.25, 0.3) is 0 Å². The lowest BCUT2D eigenvalue weighted by atomic mass is 9.76. The van der Waals surface area contributed by atoms with Crippen LogP contribution in [0, 0.1) is 11.3 Å². The van der Waals surface area contributed by atoms with Gasteiger partial charge in [0.15, 0.2) is 5.82 Å². The molecule has 106 valence electrons. The summed E-state index contributed by atoms with van der Waals surface area (Å²) in [6.07, 6.45) is -0.0950. The van der Waals surface area contributed by atoms with Crippen LogP contribution in [-0.4, -0.2) is 37.6 Å². The van der Waals surface area contributed by atoms with E-state index < -0.39 is 17.4 Å². The number of aliphatic carboxylic acids is 1. The van der Waals surface area contributed by atoms with Crippen LogP contribution in [0.2, 0.25) is 0 Å². The third-order valence-corrected chi connectivity index (χ3v) is 3.42. The minimum Gasteiger partial charge on any atom is -0.481 e. The van der Waals surface area contributed by atoms with Gasteiger partial charge in [0.05, 0.1) is 11.5 Å². The van der Waals surface area contributed by atoms with Crippen LogP contribution in [0.3, 0.4) is 0 Å². The number of H-pyrrole nitrogens is 1. The quantitative estimate of drug-likeness (QED) is 0.692. The number of hydrogen-bond donors (Lipinski definition) is 3. The molecule has 2 atom stereocenters. The van der Waals surface area contributed by atoms with Crippen LogP contribution in [0.1, 0.15) is 46.0 Å². The van der Waals surface area contributed by atoms with Gasteiger partial charge in [-0.05, 0) is 19.8 Å². The molecule has 0 saturated carbocycles. The van der Waals surface area contributed by atoms with Crippen molar-refractivity contribution >= 4 is 11.9 Å². The molecule has 8 nitrogen and oxygen atoms in total. The number of rotatable bonds is 6. The van der Waals surface area contributed by atoms with E-state index >= 15 is 0 Å². The highest BCUT2D eigenvalue weighted by atomic mass is 16.4. The summed E-state index contributed by atoms with van der Waals surface area (Å²) >= 11 is 0.